The number of likely N-dealkylation sites (N-methyl/N-ethyl adjacent to an activating group) is 1. The third-order valence-corrected chi connectivity index (χ3v) is 7.13. The van der Waals surface area contributed by atoms with Crippen LogP contribution in [0.1, 0.15) is 47.0 Å². The lowest BCUT2D eigenvalue weighted by molar-refractivity contribution is -0.119. The number of amides is 1. The molecule has 34 heavy (non-hydrogen) atoms. The van der Waals surface area contributed by atoms with Crippen molar-refractivity contribution in [2.24, 2.45) is 0 Å². The monoisotopic (exact) mass is 483 g/mol. The van der Waals surface area contributed by atoms with Crippen LogP contribution in [0.15, 0.2) is 30.3 Å². The zero-order chi connectivity index (χ0) is 24.3. The Morgan fingerprint density at radius 2 is 2.00 bits per heavy atom. The van der Waals surface area contributed by atoms with E-state index in [2.05, 4.69) is 55.4 Å². The van der Waals surface area contributed by atoms with Crippen molar-refractivity contribution in [1.82, 2.24) is 24.8 Å². The van der Waals surface area contributed by atoms with Crippen LogP contribution in [-0.4, -0.2) is 70.2 Å². The van der Waals surface area contributed by atoms with Crippen molar-refractivity contribution in [3.8, 4) is 11.3 Å². The highest BCUT2D eigenvalue weighted by molar-refractivity contribution is 7.20. The van der Waals surface area contributed by atoms with Gasteiger partial charge in [-0.1, -0.05) is 48.1 Å². The number of piperidine rings is 1. The molecule has 184 valence electrons. The number of benzene rings is 1. The fourth-order valence-corrected chi connectivity index (χ4v) is 5.19. The van der Waals surface area contributed by atoms with Crippen LogP contribution in [0.4, 0.5) is 10.9 Å². The smallest absolute Gasteiger partial charge is 0.239 e. The van der Waals surface area contributed by atoms with Crippen molar-refractivity contribution in [2.45, 2.75) is 58.5 Å². The summed E-state index contributed by atoms with van der Waals surface area (Å²) in [4.78, 5) is 22.6. The number of likely N-dealkylation sites (tertiary alicyclic amines) is 1. The van der Waals surface area contributed by atoms with Crippen LogP contribution in [0.2, 0.25) is 0 Å². The molecule has 0 aliphatic carbocycles. The van der Waals surface area contributed by atoms with Gasteiger partial charge < -0.3 is 15.5 Å². The normalized spacial score (nSPS) is 17.1. The number of aromatic nitrogens is 3. The number of nitrogens with one attached hydrogen (secondary N) is 2. The summed E-state index contributed by atoms with van der Waals surface area (Å²) in [5.74, 6) is 0.878. The van der Waals surface area contributed by atoms with Gasteiger partial charge >= 0.3 is 0 Å². The Balaban J connectivity index is 1.44. The Morgan fingerprint density at radius 1 is 1.24 bits per heavy atom. The minimum absolute atomic E-state index is 0.0121. The lowest BCUT2D eigenvalue weighted by Gasteiger charge is -2.33. The molecule has 1 aromatic carbocycles. The van der Waals surface area contributed by atoms with Gasteiger partial charge in [-0.25, -0.2) is 4.98 Å². The Bertz CT molecular complexity index is 1100. The van der Waals surface area contributed by atoms with E-state index in [1.807, 2.05) is 34.7 Å². The molecular weight excluding hydrogens is 446 g/mol. The zero-order valence-electron chi connectivity index (χ0n) is 21.0. The minimum atomic E-state index is -0.152. The third kappa shape index (κ3) is 5.88. The second-order valence-electron chi connectivity index (χ2n) is 10.2. The van der Waals surface area contributed by atoms with Gasteiger partial charge in [0.05, 0.1) is 6.54 Å². The van der Waals surface area contributed by atoms with Gasteiger partial charge in [-0.3, -0.25) is 9.69 Å². The van der Waals surface area contributed by atoms with Gasteiger partial charge in [0.25, 0.3) is 0 Å². The number of hydrogen-bond acceptors (Lipinski definition) is 7. The molecule has 3 aromatic rings. The van der Waals surface area contributed by atoms with Crippen molar-refractivity contribution in [3.05, 3.63) is 30.3 Å². The maximum atomic E-state index is 12.6. The van der Waals surface area contributed by atoms with Crippen molar-refractivity contribution < 1.29 is 4.79 Å². The van der Waals surface area contributed by atoms with Crippen LogP contribution in [-0.2, 0) is 4.79 Å². The Hall–Kier alpha value is -2.65. The standard InChI is InChI=1S/C25H37N7OS/c1-18-11-9-10-15-31(18)16-14-26-20(33)17-30(5)24-29-32-22(28-25(2,3)4)21(27-23(32)34-24)19-12-7-6-8-13-19/h6-8,12-13,18,28H,9-11,14-17H2,1-5H3,(H,26,33)/t18-/m0/s1. The Kier molecular flexibility index (Phi) is 7.42. The van der Waals surface area contributed by atoms with Gasteiger partial charge in [-0.15, -0.1) is 5.10 Å². The third-order valence-electron chi connectivity index (χ3n) is 6.10. The Morgan fingerprint density at radius 3 is 2.71 bits per heavy atom. The van der Waals surface area contributed by atoms with E-state index < -0.39 is 0 Å². The molecule has 1 fully saturated rings. The van der Waals surface area contributed by atoms with E-state index >= 15 is 0 Å². The lowest BCUT2D eigenvalue weighted by Crippen LogP contribution is -2.44. The van der Waals surface area contributed by atoms with E-state index in [4.69, 9.17) is 10.1 Å². The summed E-state index contributed by atoms with van der Waals surface area (Å²) in [5.41, 5.74) is 1.78. The first-order valence-corrected chi connectivity index (χ1v) is 13.0. The maximum Gasteiger partial charge on any atom is 0.239 e. The highest BCUT2D eigenvalue weighted by atomic mass is 32.1. The van der Waals surface area contributed by atoms with Crippen LogP contribution in [0.5, 0.6) is 0 Å². The van der Waals surface area contributed by atoms with E-state index in [0.717, 1.165) is 40.3 Å². The average molecular weight is 484 g/mol. The molecule has 0 unspecified atom stereocenters. The molecule has 0 spiro atoms. The first kappa shape index (κ1) is 24.5. The molecule has 1 aliphatic rings. The van der Waals surface area contributed by atoms with Crippen LogP contribution < -0.4 is 15.5 Å². The molecule has 2 aromatic heterocycles. The molecule has 9 heteroatoms. The second-order valence-corrected chi connectivity index (χ2v) is 11.2. The lowest BCUT2D eigenvalue weighted by atomic mass is 10.0. The summed E-state index contributed by atoms with van der Waals surface area (Å²) >= 11 is 1.49. The van der Waals surface area contributed by atoms with Crippen molar-refractivity contribution in [1.29, 1.82) is 0 Å². The number of anilines is 2. The largest absolute Gasteiger partial charge is 0.364 e. The number of imidazole rings is 1. The summed E-state index contributed by atoms with van der Waals surface area (Å²) in [7, 11) is 1.90. The number of carbonyl (C=O) groups excluding carboxylic acids is 1. The quantitative estimate of drug-likeness (QED) is 0.502. The summed E-state index contributed by atoms with van der Waals surface area (Å²) in [5, 5.41) is 12.2. The molecule has 0 bridgehead atoms. The van der Waals surface area contributed by atoms with Crippen LogP contribution in [0, 0.1) is 0 Å². The number of rotatable bonds is 8. The number of nitrogens with zero attached hydrogens (tertiary/aromatic N) is 5. The molecule has 1 saturated heterocycles. The van der Waals surface area contributed by atoms with Crippen molar-refractivity contribution >= 4 is 33.2 Å². The zero-order valence-corrected chi connectivity index (χ0v) is 21.8. The molecular formula is C25H37N7OS. The van der Waals surface area contributed by atoms with Gasteiger partial charge in [0, 0.05) is 37.3 Å². The molecule has 4 rings (SSSR count). The highest BCUT2D eigenvalue weighted by Crippen LogP contribution is 2.34. The number of carbonyl (C=O) groups is 1. The van der Waals surface area contributed by atoms with E-state index in [9.17, 15) is 4.79 Å². The molecule has 0 saturated carbocycles. The summed E-state index contributed by atoms with van der Waals surface area (Å²) < 4.78 is 1.86. The summed E-state index contributed by atoms with van der Waals surface area (Å²) in [6.45, 7) is 11.6. The van der Waals surface area contributed by atoms with E-state index in [1.54, 1.807) is 0 Å². The molecule has 1 aliphatic heterocycles. The first-order valence-electron chi connectivity index (χ1n) is 12.2. The van der Waals surface area contributed by atoms with Crippen LogP contribution in [0.3, 0.4) is 0 Å². The van der Waals surface area contributed by atoms with E-state index in [-0.39, 0.29) is 18.0 Å². The summed E-state index contributed by atoms with van der Waals surface area (Å²) in [6.07, 6.45) is 3.82. The van der Waals surface area contributed by atoms with E-state index in [0.29, 0.717) is 12.6 Å². The molecule has 3 heterocycles. The summed E-state index contributed by atoms with van der Waals surface area (Å²) in [6, 6.07) is 10.8. The SMILES string of the molecule is C[C@H]1CCCCN1CCNC(=O)CN(C)c1nn2c(NC(C)(C)C)c(-c3ccccc3)nc2s1. The predicted molar refractivity (Wildman–Crippen MR) is 141 cm³/mol. The van der Waals surface area contributed by atoms with Crippen molar-refractivity contribution in [3.63, 3.8) is 0 Å². The van der Waals surface area contributed by atoms with Gasteiger partial charge in [-0.05, 0) is 47.1 Å². The van der Waals surface area contributed by atoms with Gasteiger partial charge in [0.2, 0.25) is 16.0 Å². The van der Waals surface area contributed by atoms with Gasteiger partial charge in [-0.2, -0.15) is 4.52 Å². The van der Waals surface area contributed by atoms with Gasteiger partial charge in [0.1, 0.15) is 5.69 Å². The first-order chi connectivity index (χ1) is 16.2. The molecule has 8 nitrogen and oxygen atoms in total. The average Bonchev–Trinajstić information content (AvgIpc) is 3.34. The molecule has 1 amide bonds. The number of hydrogen-bond donors (Lipinski definition) is 2. The molecule has 2 N–H and O–H groups in total. The fraction of sp³-hybridized carbons (Fsp3) is 0.560. The van der Waals surface area contributed by atoms with Crippen molar-refractivity contribution in [2.75, 3.05) is 43.4 Å². The van der Waals surface area contributed by atoms with Crippen LogP contribution in [0.25, 0.3) is 16.2 Å². The molecule has 0 radical (unpaired) electrons. The molecule has 1 atom stereocenters. The van der Waals surface area contributed by atoms with E-state index in [1.165, 1.54) is 30.6 Å². The second kappa shape index (κ2) is 10.3. The Labute approximate surface area is 206 Å². The topological polar surface area (TPSA) is 77.8 Å². The highest BCUT2D eigenvalue weighted by Gasteiger charge is 2.23. The fourth-order valence-electron chi connectivity index (χ4n) is 4.32. The predicted octanol–water partition coefficient (Wildman–Crippen LogP) is 4.10. The maximum absolute atomic E-state index is 12.6. The number of fused-ring (bicyclic) bond motifs is 1. The minimum Gasteiger partial charge on any atom is -0.364 e. The van der Waals surface area contributed by atoms with Gasteiger partial charge in [0.15, 0.2) is 5.82 Å². The van der Waals surface area contributed by atoms with Crippen LogP contribution >= 0.6 is 11.3 Å².